The lowest BCUT2D eigenvalue weighted by atomic mass is 9.99. The molecule has 1 aromatic rings. The number of rotatable bonds is 1. The maximum absolute atomic E-state index is 13.0. The lowest BCUT2D eigenvalue weighted by Gasteiger charge is -2.28. The van der Waals surface area contributed by atoms with Crippen molar-refractivity contribution in [2.75, 3.05) is 0 Å². The van der Waals surface area contributed by atoms with E-state index in [-0.39, 0.29) is 11.1 Å². The fourth-order valence-electron chi connectivity index (χ4n) is 1.80. The molecule has 1 aromatic carbocycles. The molecular formula is C11H13FOS. The van der Waals surface area contributed by atoms with Crippen molar-refractivity contribution in [1.82, 2.24) is 0 Å². The van der Waals surface area contributed by atoms with Gasteiger partial charge in [0.2, 0.25) is 0 Å². The predicted octanol–water partition coefficient (Wildman–Crippen LogP) is 2.88. The van der Waals surface area contributed by atoms with Crippen molar-refractivity contribution in [2.45, 2.75) is 30.5 Å². The Kier molecular flexibility index (Phi) is 2.79. The molecule has 2 rings (SSSR count). The zero-order chi connectivity index (χ0) is 10.1. The Balaban J connectivity index is 2.38. The average molecular weight is 212 g/mol. The topological polar surface area (TPSA) is 20.2 Å². The zero-order valence-electron chi connectivity index (χ0n) is 8.03. The molecule has 0 saturated carbocycles. The van der Waals surface area contributed by atoms with Crippen LogP contribution in [-0.2, 0) is 5.75 Å². The summed E-state index contributed by atoms with van der Waals surface area (Å²) in [6.07, 6.45) is 0.409. The van der Waals surface area contributed by atoms with Gasteiger partial charge in [-0.3, -0.25) is 0 Å². The van der Waals surface area contributed by atoms with Gasteiger partial charge in [0.1, 0.15) is 5.82 Å². The Morgan fingerprint density at radius 2 is 2.36 bits per heavy atom. The largest absolute Gasteiger partial charge is 0.387 e. The molecule has 2 unspecified atom stereocenters. The van der Waals surface area contributed by atoms with Gasteiger partial charge in [-0.25, -0.2) is 4.39 Å². The van der Waals surface area contributed by atoms with Crippen LogP contribution in [0.3, 0.4) is 0 Å². The van der Waals surface area contributed by atoms with Crippen molar-refractivity contribution in [3.63, 3.8) is 0 Å². The minimum atomic E-state index is -0.510. The van der Waals surface area contributed by atoms with Gasteiger partial charge in [-0.1, -0.05) is 13.0 Å². The van der Waals surface area contributed by atoms with E-state index in [1.165, 1.54) is 12.1 Å². The number of hydrogen-bond donors (Lipinski definition) is 1. The Hall–Kier alpha value is -0.540. The summed E-state index contributed by atoms with van der Waals surface area (Å²) in [5, 5.41) is 10.2. The van der Waals surface area contributed by atoms with Crippen molar-refractivity contribution in [1.29, 1.82) is 0 Å². The molecule has 2 atom stereocenters. The van der Waals surface area contributed by atoms with E-state index in [1.807, 2.05) is 6.92 Å². The van der Waals surface area contributed by atoms with Gasteiger partial charge in [0.05, 0.1) is 6.10 Å². The molecule has 0 aromatic heterocycles. The maximum Gasteiger partial charge on any atom is 0.123 e. The minimum Gasteiger partial charge on any atom is -0.387 e. The summed E-state index contributed by atoms with van der Waals surface area (Å²) in [4.78, 5) is 0. The molecule has 1 aliphatic heterocycles. The van der Waals surface area contributed by atoms with E-state index in [0.29, 0.717) is 0 Å². The van der Waals surface area contributed by atoms with Gasteiger partial charge >= 0.3 is 0 Å². The molecule has 1 aliphatic rings. The highest BCUT2D eigenvalue weighted by atomic mass is 32.2. The van der Waals surface area contributed by atoms with Crippen molar-refractivity contribution in [3.8, 4) is 0 Å². The van der Waals surface area contributed by atoms with Gasteiger partial charge in [-0.05, 0) is 29.7 Å². The molecule has 0 bridgehead atoms. The van der Waals surface area contributed by atoms with E-state index >= 15 is 0 Å². The Morgan fingerprint density at radius 1 is 1.57 bits per heavy atom. The quantitative estimate of drug-likeness (QED) is 0.772. The van der Waals surface area contributed by atoms with E-state index in [4.69, 9.17) is 0 Å². The summed E-state index contributed by atoms with van der Waals surface area (Å²) >= 11 is 1.75. The molecule has 14 heavy (non-hydrogen) atoms. The molecule has 1 nitrogen and oxygen atoms in total. The second-order valence-electron chi connectivity index (χ2n) is 3.55. The fraction of sp³-hybridized carbons (Fsp3) is 0.455. The highest BCUT2D eigenvalue weighted by Gasteiger charge is 2.27. The zero-order valence-corrected chi connectivity index (χ0v) is 8.85. The van der Waals surface area contributed by atoms with Crippen LogP contribution in [-0.4, -0.2) is 10.4 Å². The second-order valence-corrected chi connectivity index (χ2v) is 4.77. The number of thioether (sulfide) groups is 1. The molecule has 0 aliphatic carbocycles. The van der Waals surface area contributed by atoms with Crippen molar-refractivity contribution in [3.05, 3.63) is 35.1 Å². The van der Waals surface area contributed by atoms with Crippen LogP contribution in [0.2, 0.25) is 0 Å². The number of fused-ring (bicyclic) bond motifs is 1. The molecule has 0 saturated heterocycles. The molecule has 0 spiro atoms. The molecular weight excluding hydrogens is 199 g/mol. The van der Waals surface area contributed by atoms with Gasteiger partial charge < -0.3 is 5.11 Å². The average Bonchev–Trinajstić information content (AvgIpc) is 2.20. The third-order valence-electron chi connectivity index (χ3n) is 2.63. The standard InChI is InChI=1S/C11H13FOS/c1-2-10-11(13)9-5-8(12)4-3-7(9)6-14-10/h3-5,10-11,13H,2,6H2,1H3. The SMILES string of the molecule is CCC1SCc2ccc(F)cc2C1O. The summed E-state index contributed by atoms with van der Waals surface area (Å²) in [5.74, 6) is 0.620. The number of halogens is 1. The summed E-state index contributed by atoms with van der Waals surface area (Å²) in [5.41, 5.74) is 1.84. The van der Waals surface area contributed by atoms with Crippen LogP contribution in [0.5, 0.6) is 0 Å². The van der Waals surface area contributed by atoms with Crippen LogP contribution in [0, 0.1) is 5.82 Å². The van der Waals surface area contributed by atoms with Crippen LogP contribution in [0.1, 0.15) is 30.6 Å². The van der Waals surface area contributed by atoms with Crippen molar-refractivity contribution in [2.24, 2.45) is 0 Å². The van der Waals surface area contributed by atoms with E-state index < -0.39 is 6.10 Å². The van der Waals surface area contributed by atoms with Gasteiger partial charge in [0.25, 0.3) is 0 Å². The number of aliphatic hydroxyl groups is 1. The lowest BCUT2D eigenvalue weighted by molar-refractivity contribution is 0.169. The maximum atomic E-state index is 13.0. The number of hydrogen-bond acceptors (Lipinski definition) is 2. The van der Waals surface area contributed by atoms with E-state index in [0.717, 1.165) is 23.3 Å². The summed E-state index contributed by atoms with van der Waals surface area (Å²) in [6, 6.07) is 4.69. The van der Waals surface area contributed by atoms with E-state index in [1.54, 1.807) is 17.8 Å². The summed E-state index contributed by atoms with van der Waals surface area (Å²) < 4.78 is 13.0. The molecule has 3 heteroatoms. The monoisotopic (exact) mass is 212 g/mol. The Morgan fingerprint density at radius 3 is 3.07 bits per heavy atom. The molecule has 0 amide bonds. The fourth-order valence-corrected chi connectivity index (χ4v) is 3.02. The Bertz CT molecular complexity index is 340. The Labute approximate surface area is 87.3 Å². The highest BCUT2D eigenvalue weighted by molar-refractivity contribution is 7.99. The van der Waals surface area contributed by atoms with Crippen LogP contribution < -0.4 is 0 Å². The van der Waals surface area contributed by atoms with Gasteiger partial charge in [0, 0.05) is 11.0 Å². The summed E-state index contributed by atoms with van der Waals surface area (Å²) in [6.45, 7) is 2.05. The number of aliphatic hydroxyl groups excluding tert-OH is 1. The first-order valence-corrected chi connectivity index (χ1v) is 5.85. The van der Waals surface area contributed by atoms with Crippen LogP contribution in [0.15, 0.2) is 18.2 Å². The van der Waals surface area contributed by atoms with Crippen LogP contribution in [0.4, 0.5) is 4.39 Å². The first kappa shape index (κ1) is 9.99. The van der Waals surface area contributed by atoms with Crippen molar-refractivity contribution >= 4 is 11.8 Å². The molecule has 1 N–H and O–H groups in total. The minimum absolute atomic E-state index is 0.212. The third-order valence-corrected chi connectivity index (χ3v) is 4.13. The molecule has 76 valence electrons. The summed E-state index contributed by atoms with van der Waals surface area (Å²) in [7, 11) is 0. The highest BCUT2D eigenvalue weighted by Crippen LogP contribution is 2.39. The van der Waals surface area contributed by atoms with Crippen LogP contribution in [0.25, 0.3) is 0 Å². The molecule has 0 radical (unpaired) electrons. The first-order valence-electron chi connectivity index (χ1n) is 4.80. The predicted molar refractivity (Wildman–Crippen MR) is 56.7 cm³/mol. The van der Waals surface area contributed by atoms with Gasteiger partial charge in [-0.15, -0.1) is 0 Å². The molecule has 0 fully saturated rings. The van der Waals surface area contributed by atoms with Gasteiger partial charge in [0.15, 0.2) is 0 Å². The smallest absolute Gasteiger partial charge is 0.123 e. The van der Waals surface area contributed by atoms with E-state index in [2.05, 4.69) is 0 Å². The van der Waals surface area contributed by atoms with Crippen LogP contribution >= 0.6 is 11.8 Å². The number of benzene rings is 1. The van der Waals surface area contributed by atoms with Crippen molar-refractivity contribution < 1.29 is 9.50 Å². The van der Waals surface area contributed by atoms with Gasteiger partial charge in [-0.2, -0.15) is 11.8 Å². The molecule has 1 heterocycles. The second kappa shape index (κ2) is 3.91. The third kappa shape index (κ3) is 1.66. The van der Waals surface area contributed by atoms with E-state index in [9.17, 15) is 9.50 Å². The first-order chi connectivity index (χ1) is 6.72. The lowest BCUT2D eigenvalue weighted by Crippen LogP contribution is -2.20. The normalized spacial score (nSPS) is 25.9.